The van der Waals surface area contributed by atoms with E-state index in [0.29, 0.717) is 11.8 Å². The molecule has 17 heavy (non-hydrogen) atoms. The van der Waals surface area contributed by atoms with Crippen LogP contribution in [0.25, 0.3) is 0 Å². The normalized spacial score (nSPS) is 10.7. The lowest BCUT2D eigenvalue weighted by molar-refractivity contribution is 0.637. The number of nitrogens with zero attached hydrogens (tertiary/aromatic N) is 1. The van der Waals surface area contributed by atoms with Crippen LogP contribution in [-0.4, -0.2) is 6.01 Å². The summed E-state index contributed by atoms with van der Waals surface area (Å²) < 4.78 is 0. The first-order valence-corrected chi connectivity index (χ1v) is 6.27. The van der Waals surface area contributed by atoms with Gasteiger partial charge in [-0.2, -0.15) is 4.99 Å². The van der Waals surface area contributed by atoms with Crippen molar-refractivity contribution in [1.82, 2.24) is 0 Å². The van der Waals surface area contributed by atoms with Crippen LogP contribution in [0.15, 0.2) is 23.2 Å². The van der Waals surface area contributed by atoms with E-state index in [0.717, 1.165) is 18.5 Å². The summed E-state index contributed by atoms with van der Waals surface area (Å²) in [6.07, 6.45) is 2.01. The van der Waals surface area contributed by atoms with Crippen LogP contribution < -0.4 is 0 Å². The molecule has 2 nitrogen and oxygen atoms in total. The zero-order chi connectivity index (χ0) is 12.8. The predicted molar refractivity (Wildman–Crippen MR) is 73.3 cm³/mol. The summed E-state index contributed by atoms with van der Waals surface area (Å²) in [6.45, 7) is 8.81. The predicted octanol–water partition coefficient (Wildman–Crippen LogP) is 4.47. The van der Waals surface area contributed by atoms with E-state index in [1.165, 1.54) is 11.1 Å². The zero-order valence-electron chi connectivity index (χ0n) is 11.2. The summed E-state index contributed by atoms with van der Waals surface area (Å²) in [7, 11) is 0. The van der Waals surface area contributed by atoms with Crippen molar-refractivity contribution in [3.8, 4) is 0 Å². The summed E-state index contributed by atoms with van der Waals surface area (Å²) in [5, 5.41) is 7.08. The average Bonchev–Trinajstić information content (AvgIpc) is 2.21. The molecule has 92 valence electrons. The van der Waals surface area contributed by atoms with Gasteiger partial charge in [-0.05, 0) is 35.8 Å². The maximum absolute atomic E-state index is 7.08. The second-order valence-corrected chi connectivity index (χ2v) is 5.34. The summed E-state index contributed by atoms with van der Waals surface area (Å²) in [5.74, 6) is 1.20. The fourth-order valence-electron chi connectivity index (χ4n) is 2.05. The fraction of sp³-hybridized carbons (Fsp3) is 0.533. The van der Waals surface area contributed by atoms with Crippen LogP contribution in [0, 0.1) is 17.2 Å². The molecule has 0 unspecified atom stereocenters. The third-order valence-electron chi connectivity index (χ3n) is 2.63. The number of benzene rings is 1. The molecule has 0 heterocycles. The minimum atomic E-state index is 0.601. The van der Waals surface area contributed by atoms with E-state index in [1.54, 1.807) is 0 Å². The molecule has 1 N–H and O–H groups in total. The maximum Gasteiger partial charge on any atom is 0.0918 e. The number of para-hydroxylation sites is 1. The SMILES string of the molecule is CC(C)Cc1cccc(CC(C)C)c1N=C=N. The van der Waals surface area contributed by atoms with E-state index in [1.807, 2.05) is 0 Å². The standard InChI is InChI=1S/C15H22N2/c1-11(2)8-13-6-5-7-14(9-12(3)4)15(13)17-10-16/h5-7,11-12,16H,8-9H2,1-4H3. The lowest BCUT2D eigenvalue weighted by Gasteiger charge is -2.13. The largest absolute Gasteiger partial charge is 0.241 e. The quantitative estimate of drug-likeness (QED) is 0.725. The summed E-state index contributed by atoms with van der Waals surface area (Å²) in [5.41, 5.74) is 3.43. The van der Waals surface area contributed by atoms with Crippen LogP contribution in [0.5, 0.6) is 0 Å². The van der Waals surface area contributed by atoms with Gasteiger partial charge in [-0.1, -0.05) is 45.9 Å². The molecule has 0 aliphatic heterocycles. The van der Waals surface area contributed by atoms with Crippen molar-refractivity contribution in [1.29, 1.82) is 5.41 Å². The van der Waals surface area contributed by atoms with Gasteiger partial charge in [0.25, 0.3) is 0 Å². The first kappa shape index (κ1) is 13.7. The third-order valence-corrected chi connectivity index (χ3v) is 2.63. The average molecular weight is 230 g/mol. The number of aliphatic imine (C=N–C) groups is 1. The van der Waals surface area contributed by atoms with Crippen LogP contribution in [0.4, 0.5) is 5.69 Å². The smallest absolute Gasteiger partial charge is 0.0918 e. The molecule has 0 saturated heterocycles. The molecule has 0 spiro atoms. The lowest BCUT2D eigenvalue weighted by atomic mass is 9.94. The third kappa shape index (κ3) is 4.16. The molecule has 2 heteroatoms. The van der Waals surface area contributed by atoms with Gasteiger partial charge in [0.15, 0.2) is 0 Å². The summed E-state index contributed by atoms with van der Waals surface area (Å²) >= 11 is 0. The van der Waals surface area contributed by atoms with Crippen molar-refractivity contribution in [2.75, 3.05) is 0 Å². The number of nitrogens with one attached hydrogen (secondary N) is 1. The first-order valence-electron chi connectivity index (χ1n) is 6.27. The molecule has 1 rings (SSSR count). The minimum absolute atomic E-state index is 0.601. The van der Waals surface area contributed by atoms with Crippen molar-refractivity contribution < 1.29 is 0 Å². The number of rotatable bonds is 5. The van der Waals surface area contributed by atoms with E-state index in [4.69, 9.17) is 5.41 Å². The van der Waals surface area contributed by atoms with Crippen LogP contribution >= 0.6 is 0 Å². The van der Waals surface area contributed by atoms with Crippen LogP contribution in [0.1, 0.15) is 38.8 Å². The molecule has 0 atom stereocenters. The second-order valence-electron chi connectivity index (χ2n) is 5.34. The topological polar surface area (TPSA) is 36.2 Å². The Labute approximate surface area is 104 Å². The van der Waals surface area contributed by atoms with Gasteiger partial charge in [0.05, 0.1) is 11.7 Å². The Morgan fingerprint density at radius 1 is 1.06 bits per heavy atom. The Morgan fingerprint density at radius 2 is 1.53 bits per heavy atom. The van der Waals surface area contributed by atoms with E-state index in [-0.39, 0.29) is 0 Å². The minimum Gasteiger partial charge on any atom is -0.241 e. The maximum atomic E-state index is 7.08. The number of hydrogen-bond acceptors (Lipinski definition) is 2. The van der Waals surface area contributed by atoms with Gasteiger partial charge < -0.3 is 0 Å². The van der Waals surface area contributed by atoms with Gasteiger partial charge >= 0.3 is 0 Å². The fourth-order valence-corrected chi connectivity index (χ4v) is 2.05. The van der Waals surface area contributed by atoms with E-state index < -0.39 is 0 Å². The molecule has 0 fully saturated rings. The van der Waals surface area contributed by atoms with Crippen LogP contribution in [0.3, 0.4) is 0 Å². The van der Waals surface area contributed by atoms with Crippen molar-refractivity contribution in [3.63, 3.8) is 0 Å². The van der Waals surface area contributed by atoms with Gasteiger partial charge in [-0.15, -0.1) is 0 Å². The summed E-state index contributed by atoms with van der Waals surface area (Å²) in [6, 6.07) is 8.50. The number of hydrogen-bond donors (Lipinski definition) is 1. The van der Waals surface area contributed by atoms with Gasteiger partial charge in [-0.3, -0.25) is 0 Å². The highest BCUT2D eigenvalue weighted by atomic mass is 14.7. The molecule has 0 aromatic heterocycles. The molecule has 1 aromatic rings. The van der Waals surface area contributed by atoms with Crippen LogP contribution in [-0.2, 0) is 12.8 Å². The van der Waals surface area contributed by atoms with Gasteiger partial charge in [0, 0.05) is 0 Å². The summed E-state index contributed by atoms with van der Waals surface area (Å²) in [4.78, 5) is 4.13. The highest BCUT2D eigenvalue weighted by Crippen LogP contribution is 2.28. The zero-order valence-corrected chi connectivity index (χ0v) is 11.2. The Morgan fingerprint density at radius 3 is 1.88 bits per heavy atom. The highest BCUT2D eigenvalue weighted by Gasteiger charge is 2.10. The molecule has 0 bridgehead atoms. The van der Waals surface area contributed by atoms with Crippen molar-refractivity contribution in [3.05, 3.63) is 29.3 Å². The highest BCUT2D eigenvalue weighted by molar-refractivity contribution is 5.59. The van der Waals surface area contributed by atoms with Gasteiger partial charge in [0.2, 0.25) is 0 Å². The molecule has 0 aliphatic carbocycles. The molecule has 1 aromatic carbocycles. The van der Waals surface area contributed by atoms with E-state index in [2.05, 4.69) is 56.9 Å². The van der Waals surface area contributed by atoms with Crippen LogP contribution in [0.2, 0.25) is 0 Å². The van der Waals surface area contributed by atoms with E-state index >= 15 is 0 Å². The molecular weight excluding hydrogens is 208 g/mol. The van der Waals surface area contributed by atoms with Gasteiger partial charge in [-0.25, -0.2) is 5.41 Å². The Balaban J connectivity index is 3.16. The van der Waals surface area contributed by atoms with E-state index in [9.17, 15) is 0 Å². The first-order chi connectivity index (χ1) is 8.04. The lowest BCUT2D eigenvalue weighted by Crippen LogP contribution is -1.99. The van der Waals surface area contributed by atoms with Crippen molar-refractivity contribution >= 4 is 11.7 Å². The molecule has 0 amide bonds. The Hall–Kier alpha value is -1.40. The molecule has 0 radical (unpaired) electrons. The Bertz CT molecular complexity index is 385. The Kier molecular flexibility index (Phi) is 5.11. The molecule has 0 saturated carbocycles. The monoisotopic (exact) mass is 230 g/mol. The molecular formula is C15H22N2. The van der Waals surface area contributed by atoms with Gasteiger partial charge in [0.1, 0.15) is 0 Å². The van der Waals surface area contributed by atoms with Crippen molar-refractivity contribution in [2.24, 2.45) is 16.8 Å². The van der Waals surface area contributed by atoms with Crippen molar-refractivity contribution in [2.45, 2.75) is 40.5 Å². The second kappa shape index (κ2) is 6.36. The molecule has 0 aliphatic rings.